The molecule has 6 nitrogen and oxygen atoms in total. The Labute approximate surface area is 173 Å². The minimum absolute atomic E-state index is 0.0386. The lowest BCUT2D eigenvalue weighted by molar-refractivity contribution is -0.133. The summed E-state index contributed by atoms with van der Waals surface area (Å²) in [5, 5.41) is 0. The van der Waals surface area contributed by atoms with Gasteiger partial charge >= 0.3 is 0 Å². The van der Waals surface area contributed by atoms with E-state index in [1.165, 1.54) is 0 Å². The number of aromatic nitrogens is 1. The topological polar surface area (TPSA) is 58.8 Å². The Hall–Kier alpha value is -2.34. The Kier molecular flexibility index (Phi) is 6.63. The number of hydrogen-bond donors (Lipinski definition) is 0. The zero-order valence-corrected chi connectivity index (χ0v) is 18.3. The average molecular weight is 400 g/mol. The molecule has 0 N–H and O–H groups in total. The molecule has 6 heteroatoms. The van der Waals surface area contributed by atoms with Crippen LogP contribution in [0.25, 0.3) is 0 Å². The van der Waals surface area contributed by atoms with E-state index in [9.17, 15) is 4.79 Å². The van der Waals surface area contributed by atoms with E-state index in [1.54, 1.807) is 0 Å². The maximum atomic E-state index is 12.6. The minimum Gasteiger partial charge on any atom is -0.484 e. The summed E-state index contributed by atoms with van der Waals surface area (Å²) >= 11 is 0. The van der Waals surface area contributed by atoms with Crippen LogP contribution in [0.15, 0.2) is 28.8 Å². The summed E-state index contributed by atoms with van der Waals surface area (Å²) in [5.74, 6) is 2.44. The summed E-state index contributed by atoms with van der Waals surface area (Å²) in [6, 6.07) is 6.02. The van der Waals surface area contributed by atoms with Crippen molar-refractivity contribution < 1.29 is 13.9 Å². The van der Waals surface area contributed by atoms with Crippen molar-refractivity contribution in [2.24, 2.45) is 0 Å². The molecule has 0 saturated carbocycles. The van der Waals surface area contributed by atoms with Crippen LogP contribution in [-0.4, -0.2) is 53.5 Å². The summed E-state index contributed by atoms with van der Waals surface area (Å²) in [6.45, 7) is 14.4. The van der Waals surface area contributed by atoms with E-state index in [4.69, 9.17) is 9.15 Å². The third-order valence-electron chi connectivity index (χ3n) is 5.15. The Morgan fingerprint density at radius 1 is 1.10 bits per heavy atom. The molecule has 1 saturated heterocycles. The summed E-state index contributed by atoms with van der Waals surface area (Å²) < 4.78 is 11.7. The number of ether oxygens (including phenoxy) is 1. The molecular weight excluding hydrogens is 366 g/mol. The number of carbonyl (C=O) groups is 1. The number of rotatable bonds is 5. The van der Waals surface area contributed by atoms with Gasteiger partial charge in [0.2, 0.25) is 5.89 Å². The van der Waals surface area contributed by atoms with Crippen molar-refractivity contribution in [3.05, 3.63) is 47.2 Å². The summed E-state index contributed by atoms with van der Waals surface area (Å²) in [7, 11) is 0. The molecule has 0 atom stereocenters. The lowest BCUT2D eigenvalue weighted by Gasteiger charge is -2.21. The number of nitrogens with zero attached hydrogens (tertiary/aromatic N) is 3. The number of amides is 1. The molecule has 0 unspecified atom stereocenters. The van der Waals surface area contributed by atoms with Crippen molar-refractivity contribution in [1.82, 2.24) is 14.8 Å². The molecule has 0 radical (unpaired) electrons. The highest BCUT2D eigenvalue weighted by atomic mass is 16.5. The number of hydrogen-bond acceptors (Lipinski definition) is 5. The third-order valence-corrected chi connectivity index (χ3v) is 5.15. The van der Waals surface area contributed by atoms with Crippen molar-refractivity contribution in [3.8, 4) is 5.75 Å². The molecule has 2 heterocycles. The fraction of sp³-hybridized carbons (Fsp3) is 0.565. The van der Waals surface area contributed by atoms with Crippen molar-refractivity contribution in [2.75, 3.05) is 32.8 Å². The quantitative estimate of drug-likeness (QED) is 0.767. The fourth-order valence-electron chi connectivity index (χ4n) is 3.55. The predicted molar refractivity (Wildman–Crippen MR) is 113 cm³/mol. The van der Waals surface area contributed by atoms with Crippen LogP contribution < -0.4 is 4.74 Å². The first kappa shape index (κ1) is 21.4. The largest absolute Gasteiger partial charge is 0.484 e. The van der Waals surface area contributed by atoms with E-state index in [-0.39, 0.29) is 17.9 Å². The second kappa shape index (κ2) is 8.99. The fourth-order valence-corrected chi connectivity index (χ4v) is 3.55. The molecule has 29 heavy (non-hydrogen) atoms. The van der Waals surface area contributed by atoms with Gasteiger partial charge in [-0.3, -0.25) is 9.69 Å². The predicted octanol–water partition coefficient (Wildman–Crippen LogP) is 3.70. The van der Waals surface area contributed by atoms with Gasteiger partial charge in [-0.05, 0) is 43.5 Å². The van der Waals surface area contributed by atoms with E-state index in [1.807, 2.05) is 37.1 Å². The summed E-state index contributed by atoms with van der Waals surface area (Å²) in [6.07, 6.45) is 2.76. The van der Waals surface area contributed by atoms with Crippen molar-refractivity contribution in [2.45, 2.75) is 53.0 Å². The zero-order chi connectivity index (χ0) is 21.0. The molecule has 1 aliphatic rings. The van der Waals surface area contributed by atoms with E-state index in [0.29, 0.717) is 13.1 Å². The van der Waals surface area contributed by atoms with Gasteiger partial charge in [0, 0.05) is 31.6 Å². The Morgan fingerprint density at radius 3 is 2.48 bits per heavy atom. The first-order valence-electron chi connectivity index (χ1n) is 10.4. The van der Waals surface area contributed by atoms with Crippen molar-refractivity contribution >= 4 is 5.91 Å². The third kappa shape index (κ3) is 6.07. The molecule has 1 aromatic carbocycles. The van der Waals surface area contributed by atoms with Gasteiger partial charge in [0.1, 0.15) is 11.5 Å². The zero-order valence-electron chi connectivity index (χ0n) is 18.3. The molecule has 0 spiro atoms. The number of aryl methyl sites for hydroxylation is 2. The van der Waals surface area contributed by atoms with Crippen LogP contribution in [0, 0.1) is 13.8 Å². The maximum absolute atomic E-state index is 12.6. The standard InChI is InChI=1S/C23H33N3O3/c1-17-11-18(2)13-19(12-17)28-16-22(27)26-8-6-7-25(9-10-26)15-21-24-14-20(29-21)23(3,4)5/h11-14H,6-10,15-16H2,1-5H3. The summed E-state index contributed by atoms with van der Waals surface area (Å²) in [5.41, 5.74) is 2.24. The number of oxazole rings is 1. The average Bonchev–Trinajstić information content (AvgIpc) is 2.98. The Morgan fingerprint density at radius 2 is 1.83 bits per heavy atom. The first-order chi connectivity index (χ1) is 13.7. The van der Waals surface area contributed by atoms with E-state index >= 15 is 0 Å². The van der Waals surface area contributed by atoms with Crippen LogP contribution >= 0.6 is 0 Å². The van der Waals surface area contributed by atoms with Crippen LogP contribution in [0.1, 0.15) is 50.0 Å². The Balaban J connectivity index is 1.50. The van der Waals surface area contributed by atoms with Gasteiger partial charge in [0.05, 0.1) is 12.7 Å². The molecule has 1 amide bonds. The first-order valence-corrected chi connectivity index (χ1v) is 10.4. The lowest BCUT2D eigenvalue weighted by atomic mass is 9.94. The van der Waals surface area contributed by atoms with E-state index in [0.717, 1.165) is 54.6 Å². The van der Waals surface area contributed by atoms with Gasteiger partial charge in [-0.25, -0.2) is 4.98 Å². The van der Waals surface area contributed by atoms with Gasteiger partial charge in [0.25, 0.3) is 5.91 Å². The van der Waals surface area contributed by atoms with Gasteiger partial charge < -0.3 is 14.1 Å². The second-order valence-corrected chi connectivity index (χ2v) is 8.99. The molecule has 1 fully saturated rings. The van der Waals surface area contributed by atoms with Crippen LogP contribution in [0.4, 0.5) is 0 Å². The molecule has 2 aromatic rings. The van der Waals surface area contributed by atoms with Crippen LogP contribution in [-0.2, 0) is 16.8 Å². The summed E-state index contributed by atoms with van der Waals surface area (Å²) in [4.78, 5) is 21.3. The number of benzene rings is 1. The van der Waals surface area contributed by atoms with Gasteiger partial charge in [-0.1, -0.05) is 26.8 Å². The highest BCUT2D eigenvalue weighted by Crippen LogP contribution is 2.23. The number of carbonyl (C=O) groups excluding carboxylic acids is 1. The maximum Gasteiger partial charge on any atom is 0.260 e. The minimum atomic E-state index is -0.0386. The molecule has 0 aliphatic carbocycles. The van der Waals surface area contributed by atoms with Crippen molar-refractivity contribution in [1.29, 1.82) is 0 Å². The molecule has 158 valence electrons. The Bertz CT molecular complexity index is 818. The van der Waals surface area contributed by atoms with Crippen LogP contribution in [0.5, 0.6) is 5.75 Å². The molecule has 1 aliphatic heterocycles. The van der Waals surface area contributed by atoms with Gasteiger partial charge in [0.15, 0.2) is 6.61 Å². The van der Waals surface area contributed by atoms with Gasteiger partial charge in [-0.2, -0.15) is 0 Å². The smallest absolute Gasteiger partial charge is 0.260 e. The monoisotopic (exact) mass is 399 g/mol. The van der Waals surface area contributed by atoms with E-state index in [2.05, 4.69) is 36.7 Å². The normalized spacial score (nSPS) is 16.0. The molecule has 0 bridgehead atoms. The van der Waals surface area contributed by atoms with Crippen LogP contribution in [0.3, 0.4) is 0 Å². The highest BCUT2D eigenvalue weighted by molar-refractivity contribution is 5.77. The lowest BCUT2D eigenvalue weighted by Crippen LogP contribution is -2.38. The highest BCUT2D eigenvalue weighted by Gasteiger charge is 2.23. The van der Waals surface area contributed by atoms with E-state index < -0.39 is 0 Å². The van der Waals surface area contributed by atoms with Crippen LogP contribution in [0.2, 0.25) is 0 Å². The van der Waals surface area contributed by atoms with Gasteiger partial charge in [-0.15, -0.1) is 0 Å². The molecule has 1 aromatic heterocycles. The molecular formula is C23H33N3O3. The van der Waals surface area contributed by atoms with Crippen molar-refractivity contribution in [3.63, 3.8) is 0 Å². The molecule has 3 rings (SSSR count). The SMILES string of the molecule is Cc1cc(C)cc(OCC(=O)N2CCCN(Cc3ncc(C(C)(C)C)o3)CC2)c1. The second-order valence-electron chi connectivity index (χ2n) is 8.99.